The van der Waals surface area contributed by atoms with Crippen LogP contribution in [0.15, 0.2) is 85.1 Å². The Labute approximate surface area is 445 Å². The van der Waals surface area contributed by atoms with Crippen molar-refractivity contribution in [1.82, 2.24) is 0 Å². The van der Waals surface area contributed by atoms with Crippen LogP contribution >= 0.6 is 0 Å². The zero-order chi connectivity index (χ0) is 52.2. The largest absolute Gasteiger partial charge is 0.462 e. The molecule has 0 fully saturated rings. The first kappa shape index (κ1) is 68.6. The molecule has 0 aliphatic heterocycles. The summed E-state index contributed by atoms with van der Waals surface area (Å²) in [5.74, 6) is -0.873. The van der Waals surface area contributed by atoms with Crippen LogP contribution in [0.4, 0.5) is 0 Å². The molecule has 0 aromatic rings. The van der Waals surface area contributed by atoms with Gasteiger partial charge in [0.1, 0.15) is 13.2 Å². The summed E-state index contributed by atoms with van der Waals surface area (Å²) in [5.41, 5.74) is 0. The Balaban J connectivity index is 4.06. The highest BCUT2D eigenvalue weighted by Crippen LogP contribution is 2.16. The van der Waals surface area contributed by atoms with Crippen molar-refractivity contribution in [3.8, 4) is 0 Å². The fourth-order valence-corrected chi connectivity index (χ4v) is 8.60. The van der Waals surface area contributed by atoms with Crippen molar-refractivity contribution in [2.75, 3.05) is 13.2 Å². The molecule has 0 heterocycles. The van der Waals surface area contributed by atoms with E-state index in [1.807, 2.05) is 0 Å². The van der Waals surface area contributed by atoms with Crippen LogP contribution in [0.5, 0.6) is 0 Å². The summed E-state index contributed by atoms with van der Waals surface area (Å²) >= 11 is 0. The lowest BCUT2D eigenvalue weighted by atomic mass is 10.0. The van der Waals surface area contributed by atoms with Crippen molar-refractivity contribution in [2.24, 2.45) is 0 Å². The maximum Gasteiger partial charge on any atom is 0.306 e. The van der Waals surface area contributed by atoms with E-state index in [1.54, 1.807) is 0 Å². The second-order valence-electron chi connectivity index (χ2n) is 20.2. The van der Waals surface area contributed by atoms with Gasteiger partial charge in [-0.1, -0.05) is 286 Å². The fourth-order valence-electron chi connectivity index (χ4n) is 8.60. The molecule has 0 N–H and O–H groups in total. The minimum atomic E-state index is -0.771. The molecule has 0 spiro atoms. The molecule has 1 atom stereocenters. The van der Waals surface area contributed by atoms with Gasteiger partial charge in [0.25, 0.3) is 0 Å². The van der Waals surface area contributed by atoms with Crippen molar-refractivity contribution in [2.45, 2.75) is 303 Å². The molecule has 0 aromatic carbocycles. The van der Waals surface area contributed by atoms with Gasteiger partial charge in [-0.25, -0.2) is 0 Å². The zero-order valence-electron chi connectivity index (χ0n) is 47.4. The molecule has 72 heavy (non-hydrogen) atoms. The van der Waals surface area contributed by atoms with E-state index in [1.165, 1.54) is 154 Å². The Bertz CT molecular complexity index is 1380. The molecule has 6 nitrogen and oxygen atoms in total. The van der Waals surface area contributed by atoms with Crippen LogP contribution < -0.4 is 0 Å². The van der Waals surface area contributed by atoms with Crippen LogP contribution in [0.25, 0.3) is 0 Å². The number of hydrogen-bond donors (Lipinski definition) is 0. The SMILES string of the molecule is CC/C=C\C/C=C\C/C=C\C/C=C\C/C=C\C/C=C\C/C=C\CCCCCCCCCCCCCC(=O)OCC(COC(=O)CCCCCCCCC)OC(=O)CCCCCCCCCCCCCCCC. The maximum atomic E-state index is 12.8. The maximum absolute atomic E-state index is 12.8. The van der Waals surface area contributed by atoms with Crippen LogP contribution in [0.3, 0.4) is 0 Å². The number of allylic oxidation sites excluding steroid dienone is 14. The van der Waals surface area contributed by atoms with Gasteiger partial charge in [-0.3, -0.25) is 14.4 Å². The number of rotatable bonds is 55. The number of esters is 3. The standard InChI is InChI=1S/C66H114O6/c1-4-7-10-13-16-18-20-22-24-25-26-27-28-29-30-31-32-33-34-35-36-37-38-39-40-41-42-44-45-47-50-53-56-59-65(68)71-62-63(61-70-64(67)58-55-52-49-15-12-9-6-3)72-66(69)60-57-54-51-48-46-43-23-21-19-17-14-11-8-5-2/h7,10,16,18,22,24,26-27,29-30,32-33,35-36,63H,4-6,8-9,11-15,17,19-21,23,25,28,31,34,37-62H2,1-3H3/b10-7-,18-16-,24-22-,27-26-,30-29-,33-32-,36-35-. The van der Waals surface area contributed by atoms with E-state index in [4.69, 9.17) is 14.2 Å². The van der Waals surface area contributed by atoms with E-state index in [0.717, 1.165) is 103 Å². The zero-order valence-corrected chi connectivity index (χ0v) is 47.4. The molecule has 0 saturated heterocycles. The fraction of sp³-hybridized carbons (Fsp3) is 0.742. The highest BCUT2D eigenvalue weighted by molar-refractivity contribution is 5.71. The van der Waals surface area contributed by atoms with Gasteiger partial charge in [-0.15, -0.1) is 0 Å². The van der Waals surface area contributed by atoms with Gasteiger partial charge in [0, 0.05) is 19.3 Å². The lowest BCUT2D eigenvalue weighted by Gasteiger charge is -2.18. The van der Waals surface area contributed by atoms with Crippen molar-refractivity contribution in [3.63, 3.8) is 0 Å². The van der Waals surface area contributed by atoms with E-state index >= 15 is 0 Å². The Morgan fingerprint density at radius 2 is 0.542 bits per heavy atom. The van der Waals surface area contributed by atoms with Gasteiger partial charge < -0.3 is 14.2 Å². The first-order valence-electron chi connectivity index (χ1n) is 30.6. The molecule has 0 radical (unpaired) electrons. The van der Waals surface area contributed by atoms with Crippen molar-refractivity contribution < 1.29 is 28.6 Å². The molecule has 0 saturated carbocycles. The van der Waals surface area contributed by atoms with E-state index in [9.17, 15) is 14.4 Å². The number of hydrogen-bond acceptors (Lipinski definition) is 6. The number of unbranched alkanes of at least 4 members (excludes halogenated alkanes) is 30. The summed E-state index contributed by atoms with van der Waals surface area (Å²) in [6.45, 7) is 6.50. The van der Waals surface area contributed by atoms with Gasteiger partial charge >= 0.3 is 17.9 Å². The van der Waals surface area contributed by atoms with E-state index in [0.29, 0.717) is 19.3 Å². The quantitative estimate of drug-likeness (QED) is 0.0261. The van der Waals surface area contributed by atoms with Gasteiger partial charge in [-0.05, 0) is 77.0 Å². The third-order valence-corrected chi connectivity index (χ3v) is 13.2. The second kappa shape index (κ2) is 60.1. The lowest BCUT2D eigenvalue weighted by Crippen LogP contribution is -2.30. The minimum absolute atomic E-state index is 0.0727. The number of carbonyl (C=O) groups is 3. The van der Waals surface area contributed by atoms with Crippen LogP contribution in [-0.2, 0) is 28.6 Å². The van der Waals surface area contributed by atoms with Crippen molar-refractivity contribution in [1.29, 1.82) is 0 Å². The molecular weight excluding hydrogens is 889 g/mol. The smallest absolute Gasteiger partial charge is 0.306 e. The summed E-state index contributed by atoms with van der Waals surface area (Å²) in [6, 6.07) is 0. The normalized spacial score (nSPS) is 12.7. The third kappa shape index (κ3) is 57.5. The molecule has 0 rings (SSSR count). The monoisotopic (exact) mass is 1000 g/mol. The van der Waals surface area contributed by atoms with Crippen LogP contribution in [0.2, 0.25) is 0 Å². The molecule has 414 valence electrons. The highest BCUT2D eigenvalue weighted by Gasteiger charge is 2.19. The number of carbonyl (C=O) groups excluding carboxylic acids is 3. The summed E-state index contributed by atoms with van der Waals surface area (Å²) < 4.78 is 16.8. The van der Waals surface area contributed by atoms with E-state index in [-0.39, 0.29) is 31.1 Å². The van der Waals surface area contributed by atoms with Crippen LogP contribution in [-0.4, -0.2) is 37.2 Å². The molecule has 0 aliphatic carbocycles. The minimum Gasteiger partial charge on any atom is -0.462 e. The Hall–Kier alpha value is -3.41. The average Bonchev–Trinajstić information content (AvgIpc) is 3.38. The van der Waals surface area contributed by atoms with Gasteiger partial charge in [0.2, 0.25) is 0 Å². The van der Waals surface area contributed by atoms with E-state index < -0.39 is 6.10 Å². The van der Waals surface area contributed by atoms with Gasteiger partial charge in [0.05, 0.1) is 0 Å². The lowest BCUT2D eigenvalue weighted by molar-refractivity contribution is -0.167. The first-order chi connectivity index (χ1) is 35.5. The predicted molar refractivity (Wildman–Crippen MR) is 311 cm³/mol. The van der Waals surface area contributed by atoms with Gasteiger partial charge in [-0.2, -0.15) is 0 Å². The predicted octanol–water partition coefficient (Wildman–Crippen LogP) is 20.7. The summed E-state index contributed by atoms with van der Waals surface area (Å²) in [4.78, 5) is 37.9. The summed E-state index contributed by atoms with van der Waals surface area (Å²) in [7, 11) is 0. The van der Waals surface area contributed by atoms with Gasteiger partial charge in [0.15, 0.2) is 6.10 Å². The first-order valence-corrected chi connectivity index (χ1v) is 30.6. The summed E-state index contributed by atoms with van der Waals surface area (Å²) in [6.07, 6.45) is 79.0. The Morgan fingerprint density at radius 3 is 0.847 bits per heavy atom. The molecule has 1 unspecified atom stereocenters. The topological polar surface area (TPSA) is 78.9 Å². The molecule has 0 aliphatic rings. The Kier molecular flexibility index (Phi) is 57.3. The third-order valence-electron chi connectivity index (χ3n) is 13.2. The van der Waals surface area contributed by atoms with Crippen LogP contribution in [0.1, 0.15) is 297 Å². The Morgan fingerprint density at radius 1 is 0.292 bits per heavy atom. The molecule has 0 aromatic heterocycles. The highest BCUT2D eigenvalue weighted by atomic mass is 16.6. The molecule has 6 heteroatoms. The molecular formula is C66H114O6. The summed E-state index contributed by atoms with van der Waals surface area (Å²) in [5, 5.41) is 0. The van der Waals surface area contributed by atoms with Crippen molar-refractivity contribution in [3.05, 3.63) is 85.1 Å². The molecule has 0 amide bonds. The number of ether oxygens (including phenoxy) is 3. The average molecular weight is 1000 g/mol. The van der Waals surface area contributed by atoms with Crippen molar-refractivity contribution >= 4 is 17.9 Å². The van der Waals surface area contributed by atoms with Crippen LogP contribution in [0, 0.1) is 0 Å². The molecule has 0 bridgehead atoms. The second-order valence-corrected chi connectivity index (χ2v) is 20.2. The van der Waals surface area contributed by atoms with E-state index in [2.05, 4.69) is 106 Å².